The van der Waals surface area contributed by atoms with E-state index in [0.29, 0.717) is 22.3 Å². The Hall–Kier alpha value is -3.75. The predicted octanol–water partition coefficient (Wildman–Crippen LogP) is 10.3. The first-order chi connectivity index (χ1) is 40.0. The van der Waals surface area contributed by atoms with Gasteiger partial charge in [0.2, 0.25) is 0 Å². The summed E-state index contributed by atoms with van der Waals surface area (Å²) in [6.45, 7) is 0. The van der Waals surface area contributed by atoms with Gasteiger partial charge >= 0.3 is 31.7 Å². The Labute approximate surface area is 528 Å². The standard InChI is InChI=1S/2C30H34N2O6P4.BrH.Ni/c2*33-41(34,35)19-25-11-15-27(16-12-25)31-21-39(29-7-3-1-4-8-29)22-32(24-40(23-31)30-9-5-2-6-10-30)28-17-13-26(14-18-28)20-42(36,37)38;;/h2*1-18H,19-24H2,(H2,33,34,35)(H2,36,37,38);1H;/q;;;+2/p-3. The van der Waals surface area contributed by atoms with Gasteiger partial charge in [0.05, 0.1) is 12.3 Å². The Morgan fingerprint density at radius 3 is 0.698 bits per heavy atom. The summed E-state index contributed by atoms with van der Waals surface area (Å²) < 4.78 is 45.9. The summed E-state index contributed by atoms with van der Waals surface area (Å²) in [6, 6.07) is 71.7. The fourth-order valence-corrected chi connectivity index (χ4v) is 22.8. The van der Waals surface area contributed by atoms with Crippen LogP contribution in [-0.4, -0.2) is 74.8 Å². The predicted molar refractivity (Wildman–Crippen MR) is 353 cm³/mol. The van der Waals surface area contributed by atoms with Crippen molar-refractivity contribution in [2.75, 3.05) is 69.9 Å². The summed E-state index contributed by atoms with van der Waals surface area (Å²) in [4.78, 5) is 90.8. The maximum absolute atomic E-state index is 11.5. The molecular formula is C60H66BrN4NiO12P8-. The Kier molecular flexibility index (Phi) is 25.8. The molecule has 26 heteroatoms. The monoisotopic (exact) mass is 1420 g/mol. The Balaban J connectivity index is 0.000000240. The molecule has 2 saturated heterocycles. The number of hydrogen-bond donors (Lipinski definition) is 5. The first kappa shape index (κ1) is 69.7. The quantitative estimate of drug-likeness (QED) is 0.0446. The first-order valence-electron chi connectivity index (χ1n) is 26.7. The van der Waals surface area contributed by atoms with Crippen molar-refractivity contribution in [2.45, 2.75) is 24.6 Å². The van der Waals surface area contributed by atoms with Gasteiger partial charge in [-0.2, -0.15) is 0 Å². The molecule has 10 rings (SSSR count). The molecule has 8 aromatic rings. The number of rotatable bonds is 16. The zero-order valence-electron chi connectivity index (χ0n) is 46.5. The van der Waals surface area contributed by atoms with Crippen LogP contribution in [0.1, 0.15) is 22.3 Å². The van der Waals surface area contributed by atoms with Gasteiger partial charge in [0.25, 0.3) is 0 Å². The Morgan fingerprint density at radius 1 is 0.314 bits per heavy atom. The van der Waals surface area contributed by atoms with Crippen LogP contribution in [0.5, 0.6) is 0 Å². The first-order valence-corrected chi connectivity index (χ1v) is 40.7. The maximum atomic E-state index is 11.5. The van der Waals surface area contributed by atoms with Crippen LogP contribution < -0.4 is 55.5 Å². The molecule has 5 N–H and O–H groups in total. The molecule has 0 saturated carbocycles. The van der Waals surface area contributed by atoms with Crippen LogP contribution >= 0.6 is 79.1 Å². The van der Waals surface area contributed by atoms with Crippen molar-refractivity contribution < 1.29 is 73.9 Å². The van der Waals surface area contributed by atoms with Gasteiger partial charge in [0.1, 0.15) is 7.60 Å². The minimum Gasteiger partial charge on any atom is -0.810 e. The van der Waals surface area contributed by atoms with Crippen LogP contribution in [0.4, 0.5) is 22.7 Å². The number of benzene rings is 8. The summed E-state index contributed by atoms with van der Waals surface area (Å²) in [6.07, 6.45) is 4.95. The molecule has 2 heterocycles. The number of anilines is 4. The molecule has 16 nitrogen and oxygen atoms in total. The van der Waals surface area contributed by atoms with Gasteiger partial charge in [-0.15, -0.1) is 17.0 Å². The summed E-state index contributed by atoms with van der Waals surface area (Å²) in [5.74, 6) is 0. The van der Waals surface area contributed by atoms with Gasteiger partial charge in [-0.25, -0.2) is 0 Å². The molecule has 0 radical (unpaired) electrons. The van der Waals surface area contributed by atoms with E-state index in [0.717, 1.165) is 73.0 Å². The van der Waals surface area contributed by atoms with Crippen LogP contribution in [0.3, 0.4) is 0 Å². The van der Waals surface area contributed by atoms with Gasteiger partial charge in [0, 0.05) is 85.4 Å². The molecule has 456 valence electrons. The van der Waals surface area contributed by atoms with E-state index in [9.17, 15) is 57.4 Å². The summed E-state index contributed by atoms with van der Waals surface area (Å²) in [5, 5.41) is 5.08. The number of halogens is 1. The zero-order chi connectivity index (χ0) is 59.5. The second-order valence-electron chi connectivity index (χ2n) is 20.7. The van der Waals surface area contributed by atoms with Crippen molar-refractivity contribution in [1.82, 2.24) is 0 Å². The van der Waals surface area contributed by atoms with Crippen molar-refractivity contribution in [3.63, 3.8) is 0 Å². The molecule has 0 bridgehead atoms. The molecule has 0 aliphatic carbocycles. The molecule has 0 aromatic heterocycles. The molecule has 2 aliphatic heterocycles. The van der Waals surface area contributed by atoms with Crippen molar-refractivity contribution in [1.29, 1.82) is 0 Å². The second-order valence-corrected chi connectivity index (χ2v) is 35.7. The van der Waals surface area contributed by atoms with Gasteiger partial charge in [-0.1, -0.05) is 177 Å². The SMILES string of the molecule is Br.O=P(O)(O)Cc1ccc(N2CP(c3ccccc3)CN(c3ccc(CP(=O)(O)O)cc3)CP(c3ccccc3)C2)cc1.O=P([O-])([O-])Cc1ccc(N2CP(c3ccccc3)CN(c3ccc(CP(=O)([O-])O)cc3)CP(c3ccccc3)C2)cc1.[Ni+2]. The minimum atomic E-state index is -4.65. The third-order valence-electron chi connectivity index (χ3n) is 14.0. The maximum Gasteiger partial charge on any atom is 2.00 e. The molecule has 8 aromatic carbocycles. The van der Waals surface area contributed by atoms with E-state index in [-0.39, 0.29) is 45.8 Å². The summed E-state index contributed by atoms with van der Waals surface area (Å²) in [7, 11) is -20.1. The number of hydrogen-bond acceptors (Lipinski definition) is 11. The van der Waals surface area contributed by atoms with E-state index in [4.69, 9.17) is 0 Å². The molecule has 0 spiro atoms. The topological polar surface area (TPSA) is 252 Å². The fraction of sp³-hybridized carbons (Fsp3) is 0.200. The van der Waals surface area contributed by atoms with Gasteiger partial charge in [-0.3, -0.25) is 9.13 Å². The van der Waals surface area contributed by atoms with Crippen molar-refractivity contribution in [3.05, 3.63) is 241 Å². The van der Waals surface area contributed by atoms with Crippen LogP contribution in [0.25, 0.3) is 0 Å². The molecule has 86 heavy (non-hydrogen) atoms. The molecule has 2 aliphatic rings. The van der Waals surface area contributed by atoms with Crippen LogP contribution in [-0.2, 0) is 59.4 Å². The fourth-order valence-electron chi connectivity index (χ4n) is 10.0. The molecule has 3 unspecified atom stereocenters. The molecule has 3 atom stereocenters. The Morgan fingerprint density at radius 2 is 0.512 bits per heavy atom. The average Bonchev–Trinajstić information content (AvgIpc) is 2.12. The van der Waals surface area contributed by atoms with Crippen LogP contribution in [0.15, 0.2) is 218 Å². The van der Waals surface area contributed by atoms with E-state index < -0.39 is 74.4 Å². The van der Waals surface area contributed by atoms with E-state index in [1.54, 1.807) is 24.3 Å². The smallest absolute Gasteiger partial charge is 0.810 e. The van der Waals surface area contributed by atoms with E-state index in [2.05, 4.69) is 92.4 Å². The van der Waals surface area contributed by atoms with Crippen LogP contribution in [0.2, 0.25) is 0 Å². The third kappa shape index (κ3) is 21.7. The minimum absolute atomic E-state index is 0. The van der Waals surface area contributed by atoms with Crippen molar-refractivity contribution in [3.8, 4) is 0 Å². The van der Waals surface area contributed by atoms with E-state index in [1.165, 1.54) is 21.2 Å². The van der Waals surface area contributed by atoms with Gasteiger partial charge in [0.15, 0.2) is 0 Å². The number of nitrogens with zero attached hydrogens (tertiary/aromatic N) is 4. The van der Waals surface area contributed by atoms with Crippen molar-refractivity contribution in [2.24, 2.45) is 0 Å². The summed E-state index contributed by atoms with van der Waals surface area (Å²) >= 11 is 0. The normalized spacial score (nSPS) is 18.5. The Bertz CT molecular complexity index is 3090. The summed E-state index contributed by atoms with van der Waals surface area (Å²) in [5.41, 5.74) is 6.31. The van der Waals surface area contributed by atoms with Crippen LogP contribution in [0, 0.1) is 0 Å². The largest absolute Gasteiger partial charge is 2.00 e. The second kappa shape index (κ2) is 31.8. The average molecular weight is 1420 g/mol. The van der Waals surface area contributed by atoms with Crippen molar-refractivity contribution >= 4 is 123 Å². The van der Waals surface area contributed by atoms with E-state index in [1.807, 2.05) is 121 Å². The van der Waals surface area contributed by atoms with Gasteiger partial charge < -0.3 is 67.9 Å². The molecule has 0 amide bonds. The third-order valence-corrected chi connectivity index (χ3v) is 26.6. The zero-order valence-corrected chi connectivity index (χ0v) is 56.3. The van der Waals surface area contributed by atoms with Gasteiger partial charge in [-0.05, 0) is 124 Å². The molecule has 2 fully saturated rings. The molecular weight excluding hydrogens is 1360 g/mol. The van der Waals surface area contributed by atoms with E-state index >= 15 is 0 Å².